The highest BCUT2D eigenvalue weighted by atomic mass is 32.1. The van der Waals surface area contributed by atoms with Crippen molar-refractivity contribution in [3.63, 3.8) is 0 Å². The van der Waals surface area contributed by atoms with Crippen molar-refractivity contribution in [2.45, 2.75) is 6.92 Å². The molecule has 0 aliphatic heterocycles. The van der Waals surface area contributed by atoms with Gasteiger partial charge in [0.2, 0.25) is 5.91 Å². The molecule has 0 aliphatic rings. The van der Waals surface area contributed by atoms with Crippen molar-refractivity contribution >= 4 is 28.2 Å². The van der Waals surface area contributed by atoms with Gasteiger partial charge in [0.05, 0.1) is 6.61 Å². The zero-order valence-electron chi connectivity index (χ0n) is 10.9. The fraction of sp³-hybridized carbons (Fsp3) is 0.143. The van der Waals surface area contributed by atoms with E-state index in [4.69, 9.17) is 16.2 Å². The molecule has 1 amide bonds. The number of primary amides is 1. The summed E-state index contributed by atoms with van der Waals surface area (Å²) in [4.78, 5) is 23.0. The Bertz CT molecular complexity index is 647. The van der Waals surface area contributed by atoms with Crippen LogP contribution in [0, 0.1) is 0 Å². The van der Waals surface area contributed by atoms with Crippen LogP contribution in [0.25, 0.3) is 11.1 Å². The van der Waals surface area contributed by atoms with Crippen molar-refractivity contribution in [1.29, 1.82) is 0 Å². The second-order valence-corrected chi connectivity index (χ2v) is 4.96. The molecule has 0 radical (unpaired) electrons. The Balaban J connectivity index is 2.42. The third kappa shape index (κ3) is 2.65. The molecule has 5 nitrogen and oxygen atoms in total. The van der Waals surface area contributed by atoms with Crippen LogP contribution in [0.2, 0.25) is 0 Å². The van der Waals surface area contributed by atoms with E-state index in [-0.39, 0.29) is 6.61 Å². The minimum atomic E-state index is -0.494. The van der Waals surface area contributed by atoms with Crippen LogP contribution < -0.4 is 11.5 Å². The van der Waals surface area contributed by atoms with Gasteiger partial charge in [-0.1, -0.05) is 12.1 Å². The van der Waals surface area contributed by atoms with Crippen molar-refractivity contribution < 1.29 is 14.3 Å². The number of thiophene rings is 1. The zero-order chi connectivity index (χ0) is 14.7. The lowest BCUT2D eigenvalue weighted by molar-refractivity contribution is 0.0529. The van der Waals surface area contributed by atoms with Crippen molar-refractivity contribution in [2.75, 3.05) is 12.3 Å². The molecule has 0 spiro atoms. The van der Waals surface area contributed by atoms with Crippen LogP contribution in [-0.4, -0.2) is 18.5 Å². The fourth-order valence-corrected chi connectivity index (χ4v) is 2.62. The molecule has 2 aromatic rings. The van der Waals surface area contributed by atoms with Crippen molar-refractivity contribution in [3.05, 3.63) is 40.8 Å². The largest absolute Gasteiger partial charge is 0.462 e. The Labute approximate surface area is 120 Å². The molecule has 1 heterocycles. The lowest BCUT2D eigenvalue weighted by Crippen LogP contribution is -2.10. The van der Waals surface area contributed by atoms with Gasteiger partial charge in [0.25, 0.3) is 0 Å². The van der Waals surface area contributed by atoms with E-state index < -0.39 is 11.9 Å². The summed E-state index contributed by atoms with van der Waals surface area (Å²) in [5.74, 6) is -0.938. The number of anilines is 1. The number of hydrogen-bond acceptors (Lipinski definition) is 5. The van der Waals surface area contributed by atoms with E-state index in [2.05, 4.69) is 0 Å². The Morgan fingerprint density at radius 3 is 2.45 bits per heavy atom. The van der Waals surface area contributed by atoms with E-state index in [0.717, 1.165) is 5.56 Å². The average Bonchev–Trinajstić information content (AvgIpc) is 2.81. The summed E-state index contributed by atoms with van der Waals surface area (Å²) in [6.45, 7) is 2.02. The molecule has 0 atom stereocenters. The third-order valence-electron chi connectivity index (χ3n) is 2.78. The van der Waals surface area contributed by atoms with Gasteiger partial charge in [-0.2, -0.15) is 0 Å². The van der Waals surface area contributed by atoms with E-state index in [1.54, 1.807) is 36.6 Å². The SMILES string of the molecule is CCOC(=O)c1c(-c2ccc(C(N)=O)cc2)csc1N. The maximum Gasteiger partial charge on any atom is 0.341 e. The summed E-state index contributed by atoms with van der Waals surface area (Å²) >= 11 is 1.28. The standard InChI is InChI=1S/C14H14N2O3S/c1-2-19-14(18)11-10(7-20-13(11)16)8-3-5-9(6-4-8)12(15)17/h3-7H,2,16H2,1H3,(H2,15,17). The predicted octanol–water partition coefficient (Wildman–Crippen LogP) is 2.27. The lowest BCUT2D eigenvalue weighted by Gasteiger charge is -2.06. The molecular formula is C14H14N2O3S. The number of benzene rings is 1. The van der Waals surface area contributed by atoms with Gasteiger partial charge in [-0.05, 0) is 24.6 Å². The molecule has 4 N–H and O–H groups in total. The first kappa shape index (κ1) is 14.1. The predicted molar refractivity (Wildman–Crippen MR) is 78.6 cm³/mol. The highest BCUT2D eigenvalue weighted by molar-refractivity contribution is 7.14. The number of nitrogen functional groups attached to an aromatic ring is 1. The van der Waals surface area contributed by atoms with Crippen LogP contribution in [-0.2, 0) is 4.74 Å². The molecule has 104 valence electrons. The number of rotatable bonds is 4. The van der Waals surface area contributed by atoms with Crippen LogP contribution in [0.4, 0.5) is 5.00 Å². The monoisotopic (exact) mass is 290 g/mol. The molecular weight excluding hydrogens is 276 g/mol. The average molecular weight is 290 g/mol. The number of hydrogen-bond donors (Lipinski definition) is 2. The summed E-state index contributed by atoms with van der Waals surface area (Å²) in [6.07, 6.45) is 0. The number of ether oxygens (including phenoxy) is 1. The summed E-state index contributed by atoms with van der Waals surface area (Å²) < 4.78 is 5.00. The van der Waals surface area contributed by atoms with Crippen molar-refractivity contribution in [3.8, 4) is 11.1 Å². The van der Waals surface area contributed by atoms with E-state index in [0.29, 0.717) is 21.7 Å². The van der Waals surface area contributed by atoms with E-state index in [9.17, 15) is 9.59 Å². The second kappa shape index (κ2) is 5.75. The molecule has 0 bridgehead atoms. The molecule has 0 saturated carbocycles. The van der Waals surface area contributed by atoms with Crippen LogP contribution in [0.3, 0.4) is 0 Å². The van der Waals surface area contributed by atoms with Crippen LogP contribution in [0.1, 0.15) is 27.6 Å². The normalized spacial score (nSPS) is 10.2. The van der Waals surface area contributed by atoms with E-state index in [1.165, 1.54) is 11.3 Å². The van der Waals surface area contributed by atoms with E-state index in [1.807, 2.05) is 0 Å². The maximum absolute atomic E-state index is 11.9. The summed E-state index contributed by atoms with van der Waals surface area (Å²) in [5, 5.41) is 2.21. The van der Waals surface area contributed by atoms with Crippen LogP contribution in [0.5, 0.6) is 0 Å². The fourth-order valence-electron chi connectivity index (χ4n) is 1.81. The molecule has 1 aromatic heterocycles. The quantitative estimate of drug-likeness (QED) is 0.844. The molecule has 20 heavy (non-hydrogen) atoms. The maximum atomic E-state index is 11.9. The first-order valence-electron chi connectivity index (χ1n) is 5.99. The smallest absolute Gasteiger partial charge is 0.341 e. The topological polar surface area (TPSA) is 95.4 Å². The minimum absolute atomic E-state index is 0.286. The lowest BCUT2D eigenvalue weighted by atomic mass is 10.0. The Kier molecular flexibility index (Phi) is 4.05. The molecule has 0 saturated heterocycles. The summed E-state index contributed by atoms with van der Waals surface area (Å²) in [5.41, 5.74) is 13.3. The van der Waals surface area contributed by atoms with E-state index >= 15 is 0 Å². The van der Waals surface area contributed by atoms with Gasteiger partial charge in [-0.15, -0.1) is 11.3 Å². The number of esters is 1. The van der Waals surface area contributed by atoms with Crippen molar-refractivity contribution in [2.24, 2.45) is 5.73 Å². The first-order chi connectivity index (χ1) is 9.54. The molecule has 6 heteroatoms. The minimum Gasteiger partial charge on any atom is -0.462 e. The van der Waals surface area contributed by atoms with Crippen molar-refractivity contribution in [1.82, 2.24) is 0 Å². The number of carbonyl (C=O) groups is 2. The third-order valence-corrected chi connectivity index (χ3v) is 3.59. The summed E-state index contributed by atoms with van der Waals surface area (Å²) in [6, 6.07) is 6.68. The highest BCUT2D eigenvalue weighted by Gasteiger charge is 2.19. The van der Waals surface area contributed by atoms with Gasteiger partial charge < -0.3 is 16.2 Å². The summed E-state index contributed by atoms with van der Waals surface area (Å²) in [7, 11) is 0. The van der Waals surface area contributed by atoms with Gasteiger partial charge in [0.1, 0.15) is 10.6 Å². The van der Waals surface area contributed by atoms with Gasteiger partial charge >= 0.3 is 5.97 Å². The Hall–Kier alpha value is -2.34. The second-order valence-electron chi connectivity index (χ2n) is 4.05. The highest BCUT2D eigenvalue weighted by Crippen LogP contribution is 2.34. The van der Waals surface area contributed by atoms with Gasteiger partial charge in [-0.25, -0.2) is 4.79 Å². The molecule has 0 unspecified atom stereocenters. The zero-order valence-corrected chi connectivity index (χ0v) is 11.7. The number of nitrogens with two attached hydrogens (primary N) is 2. The number of amides is 1. The number of carbonyl (C=O) groups excluding carboxylic acids is 2. The molecule has 0 fully saturated rings. The van der Waals surface area contributed by atoms with Gasteiger partial charge in [0, 0.05) is 16.5 Å². The first-order valence-corrected chi connectivity index (χ1v) is 6.87. The molecule has 1 aromatic carbocycles. The molecule has 2 rings (SSSR count). The van der Waals surface area contributed by atoms with Crippen LogP contribution in [0.15, 0.2) is 29.6 Å². The Morgan fingerprint density at radius 1 is 1.25 bits per heavy atom. The van der Waals surface area contributed by atoms with Gasteiger partial charge in [-0.3, -0.25) is 4.79 Å². The van der Waals surface area contributed by atoms with Gasteiger partial charge in [0.15, 0.2) is 0 Å². The van der Waals surface area contributed by atoms with Crippen LogP contribution >= 0.6 is 11.3 Å². The molecule has 0 aliphatic carbocycles. The Morgan fingerprint density at radius 2 is 1.90 bits per heavy atom.